The number of amidine groups is 1. The van der Waals surface area contributed by atoms with Crippen molar-refractivity contribution in [1.29, 1.82) is 0 Å². The third-order valence-corrected chi connectivity index (χ3v) is 8.40. The summed E-state index contributed by atoms with van der Waals surface area (Å²) in [5, 5.41) is 9.48. The molecule has 5 rings (SSSR count). The maximum absolute atomic E-state index is 13.9. The van der Waals surface area contributed by atoms with Crippen LogP contribution >= 0.6 is 23.4 Å². The van der Waals surface area contributed by atoms with Gasteiger partial charge in [-0.05, 0) is 55.5 Å². The molecule has 1 saturated heterocycles. The number of aliphatic imine (C=N–C) groups is 1. The number of nitrogens with one attached hydrogen (secondary N) is 2. The smallest absolute Gasteiger partial charge is 0.255 e. The molecule has 0 aromatic heterocycles. The van der Waals surface area contributed by atoms with Crippen LogP contribution in [0, 0.1) is 13.8 Å². The van der Waals surface area contributed by atoms with E-state index in [1.54, 1.807) is 0 Å². The van der Waals surface area contributed by atoms with Gasteiger partial charge in [-0.2, -0.15) is 0 Å². The molecule has 1 atom stereocenters. The van der Waals surface area contributed by atoms with Gasteiger partial charge in [-0.15, -0.1) is 0 Å². The fraction of sp³-hybridized carbons (Fsp3) is 0.367. The van der Waals surface area contributed by atoms with Gasteiger partial charge < -0.3 is 20.3 Å². The lowest BCUT2D eigenvalue weighted by Crippen LogP contribution is -2.42. The molecule has 0 aliphatic carbocycles. The fourth-order valence-electron chi connectivity index (χ4n) is 5.17. The van der Waals surface area contributed by atoms with Gasteiger partial charge in [0.1, 0.15) is 0 Å². The number of nitrogens with zero attached hydrogens (tertiary/aromatic N) is 3. The molecule has 3 heterocycles. The summed E-state index contributed by atoms with van der Waals surface area (Å²) in [6, 6.07) is 13.0. The second-order valence-electron chi connectivity index (χ2n) is 10.2. The Labute approximate surface area is 244 Å². The molecule has 2 aromatic carbocycles. The molecule has 2 amide bonds. The van der Waals surface area contributed by atoms with E-state index in [0.29, 0.717) is 22.8 Å². The molecule has 2 aromatic rings. The lowest BCUT2D eigenvalue weighted by Gasteiger charge is -2.36. The largest absolute Gasteiger partial charge is 0.379 e. The van der Waals surface area contributed by atoms with Gasteiger partial charge in [-0.1, -0.05) is 53.2 Å². The summed E-state index contributed by atoms with van der Waals surface area (Å²) in [4.78, 5) is 36.0. The van der Waals surface area contributed by atoms with Crippen LogP contribution in [0.4, 0.5) is 5.69 Å². The van der Waals surface area contributed by atoms with Gasteiger partial charge in [0.15, 0.2) is 5.17 Å². The number of ether oxygens (including phenoxy) is 1. The van der Waals surface area contributed by atoms with Crippen LogP contribution in [0.1, 0.15) is 36.1 Å². The highest BCUT2D eigenvalue weighted by Crippen LogP contribution is 2.45. The summed E-state index contributed by atoms with van der Waals surface area (Å²) in [5.41, 5.74) is 5.74. The Morgan fingerprint density at radius 2 is 1.85 bits per heavy atom. The third-order valence-electron chi connectivity index (χ3n) is 7.26. The van der Waals surface area contributed by atoms with Crippen molar-refractivity contribution in [3.63, 3.8) is 0 Å². The van der Waals surface area contributed by atoms with E-state index in [2.05, 4.69) is 15.5 Å². The quantitative estimate of drug-likeness (QED) is 0.457. The number of benzene rings is 2. The van der Waals surface area contributed by atoms with Crippen molar-refractivity contribution in [3.05, 3.63) is 86.6 Å². The number of carbonyl (C=O) groups excluding carboxylic acids is 2. The van der Waals surface area contributed by atoms with Crippen LogP contribution < -0.4 is 10.6 Å². The summed E-state index contributed by atoms with van der Waals surface area (Å²) >= 11 is 7.69. The minimum atomic E-state index is -0.460. The lowest BCUT2D eigenvalue weighted by molar-refractivity contribution is -0.120. The van der Waals surface area contributed by atoms with Crippen molar-refractivity contribution in [2.75, 3.05) is 44.7 Å². The minimum absolute atomic E-state index is 0.0660. The number of hydrogen-bond acceptors (Lipinski definition) is 7. The van der Waals surface area contributed by atoms with Gasteiger partial charge in [0.05, 0.1) is 36.9 Å². The second-order valence-corrected chi connectivity index (χ2v) is 11.5. The van der Waals surface area contributed by atoms with Crippen molar-refractivity contribution in [2.45, 2.75) is 33.2 Å². The number of amides is 2. The molecule has 1 fully saturated rings. The molecular formula is C30H34ClN5O3S. The van der Waals surface area contributed by atoms with Crippen LogP contribution in [-0.2, 0) is 14.3 Å². The summed E-state index contributed by atoms with van der Waals surface area (Å²) in [6.45, 7) is 10.5. The Bertz CT molecular complexity index is 1380. The molecule has 2 N–H and O–H groups in total. The molecule has 10 heteroatoms. The number of fused-ring (bicyclic) bond motifs is 1. The number of carbonyl (C=O) groups is 2. The zero-order valence-electron chi connectivity index (χ0n) is 23.0. The highest BCUT2D eigenvalue weighted by Gasteiger charge is 2.40. The molecule has 0 bridgehead atoms. The zero-order chi connectivity index (χ0) is 28.2. The fourth-order valence-corrected chi connectivity index (χ4v) is 6.26. The Morgan fingerprint density at radius 3 is 2.58 bits per heavy atom. The van der Waals surface area contributed by atoms with Crippen molar-refractivity contribution >= 4 is 46.0 Å². The van der Waals surface area contributed by atoms with E-state index in [-0.39, 0.29) is 18.2 Å². The van der Waals surface area contributed by atoms with Gasteiger partial charge >= 0.3 is 0 Å². The first-order valence-electron chi connectivity index (χ1n) is 13.5. The van der Waals surface area contributed by atoms with Gasteiger partial charge in [0, 0.05) is 42.6 Å². The van der Waals surface area contributed by atoms with Crippen molar-refractivity contribution < 1.29 is 14.3 Å². The highest BCUT2D eigenvalue weighted by molar-refractivity contribution is 8.16. The number of halogens is 1. The number of rotatable bonds is 8. The maximum Gasteiger partial charge on any atom is 0.255 e. The second kappa shape index (κ2) is 12.6. The van der Waals surface area contributed by atoms with E-state index in [9.17, 15) is 9.59 Å². The number of allylic oxidation sites excluding steroid dienone is 1. The summed E-state index contributed by atoms with van der Waals surface area (Å²) in [6.07, 6.45) is 0.185. The van der Waals surface area contributed by atoms with Crippen molar-refractivity contribution in [2.24, 2.45) is 4.99 Å². The number of aryl methyl sites for hydroxylation is 2. The first-order valence-corrected chi connectivity index (χ1v) is 14.7. The maximum atomic E-state index is 13.9. The summed E-state index contributed by atoms with van der Waals surface area (Å²) < 4.78 is 5.40. The van der Waals surface area contributed by atoms with Gasteiger partial charge in [-0.3, -0.25) is 14.5 Å². The molecular weight excluding hydrogens is 546 g/mol. The van der Waals surface area contributed by atoms with E-state index in [1.165, 1.54) is 11.8 Å². The van der Waals surface area contributed by atoms with Crippen LogP contribution in [0.2, 0.25) is 5.02 Å². The molecule has 0 unspecified atom stereocenters. The number of morpholine rings is 1. The minimum Gasteiger partial charge on any atom is -0.379 e. The summed E-state index contributed by atoms with van der Waals surface area (Å²) in [5.74, 6) is -0.290. The first-order chi connectivity index (χ1) is 19.3. The molecule has 0 saturated carbocycles. The van der Waals surface area contributed by atoms with Gasteiger partial charge in [0.2, 0.25) is 5.91 Å². The molecule has 3 aliphatic heterocycles. The standard InChI is InChI=1S/C30H34ClN5O3S/c1-19-4-9-25(20(2)16-19)34-29(38)27-21(3)33-30-36(28(27)22-5-7-23(31)8-6-22)24(18-40-30)17-26(37)32-10-11-35-12-14-39-15-13-35/h4-9,16,18,28H,10-15,17H2,1-3H3,(H,32,37)(H,34,38)/t28-/m1/s1. The van der Waals surface area contributed by atoms with E-state index in [1.807, 2.05) is 73.5 Å². The van der Waals surface area contributed by atoms with Crippen LogP contribution in [0.3, 0.4) is 0 Å². The predicted molar refractivity (Wildman–Crippen MR) is 161 cm³/mol. The average Bonchev–Trinajstić information content (AvgIpc) is 3.32. The predicted octanol–water partition coefficient (Wildman–Crippen LogP) is 5.01. The molecule has 210 valence electrons. The first kappa shape index (κ1) is 28.4. The Kier molecular flexibility index (Phi) is 8.95. The van der Waals surface area contributed by atoms with Gasteiger partial charge in [0.25, 0.3) is 5.91 Å². The van der Waals surface area contributed by atoms with Crippen LogP contribution in [0.15, 0.2) is 69.8 Å². The Morgan fingerprint density at radius 1 is 1.10 bits per heavy atom. The summed E-state index contributed by atoms with van der Waals surface area (Å²) in [7, 11) is 0. The topological polar surface area (TPSA) is 86.3 Å². The number of anilines is 1. The molecule has 0 spiro atoms. The monoisotopic (exact) mass is 579 g/mol. The van der Waals surface area contributed by atoms with E-state index >= 15 is 0 Å². The van der Waals surface area contributed by atoms with Crippen molar-refractivity contribution in [3.8, 4) is 0 Å². The lowest BCUT2D eigenvalue weighted by atomic mass is 9.93. The van der Waals surface area contributed by atoms with Crippen LogP contribution in [-0.4, -0.2) is 66.2 Å². The van der Waals surface area contributed by atoms with Crippen LogP contribution in [0.25, 0.3) is 0 Å². The molecule has 8 nitrogen and oxygen atoms in total. The zero-order valence-corrected chi connectivity index (χ0v) is 24.6. The van der Waals surface area contributed by atoms with E-state index in [0.717, 1.165) is 66.1 Å². The Balaban J connectivity index is 1.37. The molecule has 40 heavy (non-hydrogen) atoms. The Hall–Kier alpha value is -3.11. The number of hydrogen-bond donors (Lipinski definition) is 2. The van der Waals surface area contributed by atoms with Crippen LogP contribution in [0.5, 0.6) is 0 Å². The molecule has 3 aliphatic rings. The normalized spacial score (nSPS) is 19.2. The number of thioether (sulfide) groups is 1. The SMILES string of the molecule is CC1=C(C(=O)Nc2ccc(C)cc2C)[C@@H](c2ccc(Cl)cc2)N2C(CC(=O)NCCN3CCOCC3)=CSC2=N1. The van der Waals surface area contributed by atoms with E-state index < -0.39 is 6.04 Å². The van der Waals surface area contributed by atoms with E-state index in [4.69, 9.17) is 21.3 Å². The highest BCUT2D eigenvalue weighted by atomic mass is 35.5. The average molecular weight is 580 g/mol. The van der Waals surface area contributed by atoms with Crippen molar-refractivity contribution in [1.82, 2.24) is 15.1 Å². The third kappa shape index (κ3) is 6.44. The molecule has 0 radical (unpaired) electrons. The van der Waals surface area contributed by atoms with Gasteiger partial charge in [-0.25, -0.2) is 4.99 Å².